The summed E-state index contributed by atoms with van der Waals surface area (Å²) in [5.74, 6) is -1.33. The maximum atomic E-state index is 10.5. The summed E-state index contributed by atoms with van der Waals surface area (Å²) in [5, 5.41) is 29.9. The Kier molecular flexibility index (Phi) is 4.28. The number of aliphatic hydroxyl groups is 3. The summed E-state index contributed by atoms with van der Waals surface area (Å²) in [6.45, 7) is 0.440. The Labute approximate surface area is 124 Å². The van der Waals surface area contributed by atoms with Gasteiger partial charge in [0.1, 0.15) is 6.10 Å². The number of aryl methyl sites for hydroxylation is 1. The molecule has 3 N–H and O–H groups in total. The van der Waals surface area contributed by atoms with E-state index in [1.165, 1.54) is 0 Å². The minimum atomic E-state index is -1.33. The lowest BCUT2D eigenvalue weighted by atomic mass is 9.86. The highest BCUT2D eigenvalue weighted by Crippen LogP contribution is 2.43. The van der Waals surface area contributed by atoms with Crippen molar-refractivity contribution in [1.82, 2.24) is 0 Å². The lowest BCUT2D eigenvalue weighted by Crippen LogP contribution is -2.57. The lowest BCUT2D eigenvalue weighted by Gasteiger charge is -2.46. The second-order valence-electron chi connectivity index (χ2n) is 5.78. The average molecular weight is 294 g/mol. The molecule has 1 fully saturated rings. The number of ether oxygens (including phenoxy) is 2. The molecule has 3 rings (SSSR count). The SMILES string of the molecule is OCC[C@@H]1C[C@@H](O)[C@H](O)[C@]2(OCCCc3ccccc32)O1. The van der Waals surface area contributed by atoms with Crippen LogP contribution in [0.5, 0.6) is 0 Å². The van der Waals surface area contributed by atoms with E-state index in [0.717, 1.165) is 24.0 Å². The molecule has 1 aromatic carbocycles. The zero-order chi connectivity index (χ0) is 14.9. The molecule has 0 bridgehead atoms. The standard InChI is InChI=1S/C16H22O5/c17-8-7-12-10-14(18)15(19)16(21-12)13-6-2-1-4-11(13)5-3-9-20-16/h1-2,4,6,12,14-15,17-19H,3,5,7-10H2/t12-,14-,15+,16-/m1/s1. The maximum absolute atomic E-state index is 10.5. The van der Waals surface area contributed by atoms with E-state index in [9.17, 15) is 10.2 Å². The molecule has 1 saturated heterocycles. The highest BCUT2D eigenvalue weighted by molar-refractivity contribution is 5.34. The molecule has 0 radical (unpaired) electrons. The van der Waals surface area contributed by atoms with Crippen molar-refractivity contribution in [3.8, 4) is 0 Å². The smallest absolute Gasteiger partial charge is 0.224 e. The first kappa shape index (κ1) is 14.9. The normalized spacial score (nSPS) is 36.2. The molecule has 0 unspecified atom stereocenters. The molecule has 2 aliphatic heterocycles. The fraction of sp³-hybridized carbons (Fsp3) is 0.625. The zero-order valence-electron chi connectivity index (χ0n) is 11.9. The van der Waals surface area contributed by atoms with Crippen LogP contribution >= 0.6 is 0 Å². The van der Waals surface area contributed by atoms with Gasteiger partial charge in [-0.3, -0.25) is 0 Å². The molecular weight excluding hydrogens is 272 g/mol. The van der Waals surface area contributed by atoms with E-state index < -0.39 is 18.0 Å². The van der Waals surface area contributed by atoms with Crippen LogP contribution in [-0.4, -0.2) is 46.8 Å². The van der Waals surface area contributed by atoms with Crippen LogP contribution in [0.1, 0.15) is 30.4 Å². The van der Waals surface area contributed by atoms with Gasteiger partial charge in [-0.1, -0.05) is 24.3 Å². The van der Waals surface area contributed by atoms with Crippen molar-refractivity contribution in [1.29, 1.82) is 0 Å². The number of fused-ring (bicyclic) bond motifs is 2. The van der Waals surface area contributed by atoms with Crippen LogP contribution in [0.3, 0.4) is 0 Å². The number of benzene rings is 1. The van der Waals surface area contributed by atoms with Crippen molar-refractivity contribution in [2.24, 2.45) is 0 Å². The summed E-state index contributed by atoms with van der Waals surface area (Å²) in [5.41, 5.74) is 1.86. The van der Waals surface area contributed by atoms with E-state index in [1.807, 2.05) is 24.3 Å². The molecule has 1 spiro atoms. The van der Waals surface area contributed by atoms with Gasteiger partial charge in [-0.2, -0.15) is 0 Å². The van der Waals surface area contributed by atoms with Crippen LogP contribution in [0.25, 0.3) is 0 Å². The van der Waals surface area contributed by atoms with E-state index in [1.54, 1.807) is 0 Å². The van der Waals surface area contributed by atoms with Crippen molar-refractivity contribution < 1.29 is 24.8 Å². The van der Waals surface area contributed by atoms with Crippen molar-refractivity contribution in [2.45, 2.75) is 49.8 Å². The van der Waals surface area contributed by atoms with Crippen LogP contribution in [0.2, 0.25) is 0 Å². The number of rotatable bonds is 2. The molecule has 0 aromatic heterocycles. The Morgan fingerprint density at radius 2 is 2.05 bits per heavy atom. The first-order valence-electron chi connectivity index (χ1n) is 7.54. The van der Waals surface area contributed by atoms with Crippen molar-refractivity contribution in [2.75, 3.05) is 13.2 Å². The van der Waals surface area contributed by atoms with E-state index >= 15 is 0 Å². The molecule has 5 nitrogen and oxygen atoms in total. The molecule has 0 saturated carbocycles. The van der Waals surface area contributed by atoms with Crippen molar-refractivity contribution >= 4 is 0 Å². The Hall–Kier alpha value is -0.980. The van der Waals surface area contributed by atoms with E-state index in [0.29, 0.717) is 19.4 Å². The summed E-state index contributed by atoms with van der Waals surface area (Å²) in [6.07, 6.45) is 0.0175. The predicted molar refractivity (Wildman–Crippen MR) is 75.6 cm³/mol. The Morgan fingerprint density at radius 3 is 2.86 bits per heavy atom. The third-order valence-electron chi connectivity index (χ3n) is 4.35. The third-order valence-corrected chi connectivity index (χ3v) is 4.35. The third kappa shape index (κ3) is 2.60. The summed E-state index contributed by atoms with van der Waals surface area (Å²) in [4.78, 5) is 0. The molecule has 5 heteroatoms. The average Bonchev–Trinajstić information content (AvgIpc) is 2.66. The maximum Gasteiger partial charge on any atom is 0.224 e. The lowest BCUT2D eigenvalue weighted by molar-refractivity contribution is -0.350. The molecule has 116 valence electrons. The first-order valence-corrected chi connectivity index (χ1v) is 7.54. The van der Waals surface area contributed by atoms with Crippen LogP contribution in [0.4, 0.5) is 0 Å². The van der Waals surface area contributed by atoms with Crippen molar-refractivity contribution in [3.05, 3.63) is 35.4 Å². The van der Waals surface area contributed by atoms with Crippen molar-refractivity contribution in [3.63, 3.8) is 0 Å². The second kappa shape index (κ2) is 6.02. The number of hydrogen-bond donors (Lipinski definition) is 3. The van der Waals surface area contributed by atoms with Gasteiger partial charge in [0.25, 0.3) is 0 Å². The molecule has 1 aromatic rings. The largest absolute Gasteiger partial charge is 0.396 e. The molecule has 0 amide bonds. The fourth-order valence-electron chi connectivity index (χ4n) is 3.32. The van der Waals surface area contributed by atoms with Gasteiger partial charge in [-0.25, -0.2) is 0 Å². The van der Waals surface area contributed by atoms with E-state index in [2.05, 4.69) is 0 Å². The molecule has 2 aliphatic rings. The minimum Gasteiger partial charge on any atom is -0.396 e. The predicted octanol–water partition coefficient (Wildman–Crippen LogP) is 0.695. The van der Waals surface area contributed by atoms with E-state index in [4.69, 9.17) is 14.6 Å². The van der Waals surface area contributed by atoms with Gasteiger partial charge < -0.3 is 24.8 Å². The van der Waals surface area contributed by atoms with Gasteiger partial charge in [0.15, 0.2) is 0 Å². The monoisotopic (exact) mass is 294 g/mol. The Morgan fingerprint density at radius 1 is 1.24 bits per heavy atom. The summed E-state index contributed by atoms with van der Waals surface area (Å²) in [7, 11) is 0. The number of hydrogen-bond acceptors (Lipinski definition) is 5. The summed E-state index contributed by atoms with van der Waals surface area (Å²) >= 11 is 0. The molecule has 2 heterocycles. The molecule has 21 heavy (non-hydrogen) atoms. The van der Waals surface area contributed by atoms with Gasteiger partial charge in [0.2, 0.25) is 5.79 Å². The first-order chi connectivity index (χ1) is 10.2. The number of aliphatic hydroxyl groups excluding tert-OH is 3. The quantitative estimate of drug-likeness (QED) is 0.748. The molecule has 0 aliphatic carbocycles. The second-order valence-corrected chi connectivity index (χ2v) is 5.78. The van der Waals surface area contributed by atoms with Crippen LogP contribution in [-0.2, 0) is 21.7 Å². The Balaban J connectivity index is 2.03. The Bertz CT molecular complexity index is 491. The summed E-state index contributed by atoms with van der Waals surface area (Å²) in [6, 6.07) is 7.73. The molecular formula is C16H22O5. The topological polar surface area (TPSA) is 79.2 Å². The highest BCUT2D eigenvalue weighted by atomic mass is 16.7. The highest BCUT2D eigenvalue weighted by Gasteiger charge is 2.52. The van der Waals surface area contributed by atoms with Crippen LogP contribution in [0.15, 0.2) is 24.3 Å². The van der Waals surface area contributed by atoms with E-state index in [-0.39, 0.29) is 12.7 Å². The van der Waals surface area contributed by atoms with Gasteiger partial charge in [-0.15, -0.1) is 0 Å². The fourth-order valence-corrected chi connectivity index (χ4v) is 3.32. The molecule has 4 atom stereocenters. The van der Waals surface area contributed by atoms with Gasteiger partial charge in [0, 0.05) is 18.6 Å². The van der Waals surface area contributed by atoms with Gasteiger partial charge in [0.05, 0.1) is 18.8 Å². The van der Waals surface area contributed by atoms with Crippen LogP contribution < -0.4 is 0 Å². The minimum absolute atomic E-state index is 0.0226. The van der Waals surface area contributed by atoms with Crippen LogP contribution in [0, 0.1) is 0 Å². The zero-order valence-corrected chi connectivity index (χ0v) is 11.9. The van der Waals surface area contributed by atoms with Gasteiger partial charge in [-0.05, 0) is 24.8 Å². The summed E-state index contributed by atoms with van der Waals surface area (Å²) < 4.78 is 12.0. The van der Waals surface area contributed by atoms with Gasteiger partial charge >= 0.3 is 0 Å².